The maximum absolute atomic E-state index is 12.1. The van der Waals surface area contributed by atoms with Gasteiger partial charge in [0.2, 0.25) is 0 Å². The summed E-state index contributed by atoms with van der Waals surface area (Å²) in [6.45, 7) is 5.50. The lowest BCUT2D eigenvalue weighted by molar-refractivity contribution is -0.136. The number of carbonyl (C=O) groups is 2. The Labute approximate surface area is 146 Å². The van der Waals surface area contributed by atoms with Crippen molar-refractivity contribution in [1.82, 2.24) is 5.32 Å². The molecule has 0 aliphatic heterocycles. The van der Waals surface area contributed by atoms with Crippen LogP contribution in [0.1, 0.15) is 29.7 Å². The third-order valence-electron chi connectivity index (χ3n) is 3.73. The summed E-state index contributed by atoms with van der Waals surface area (Å²) in [6.07, 6.45) is 0. The summed E-state index contributed by atoms with van der Waals surface area (Å²) in [5, 5.41) is 15.1. The Balaban J connectivity index is 2.06. The van der Waals surface area contributed by atoms with Crippen LogP contribution in [0.5, 0.6) is 11.5 Å². The largest absolute Gasteiger partial charge is 0.508 e. The molecule has 3 N–H and O–H groups in total. The Morgan fingerprint density at radius 2 is 1.68 bits per heavy atom. The lowest BCUT2D eigenvalue weighted by Gasteiger charge is -2.16. The Kier molecular flexibility index (Phi) is 5.64. The standard InChI is InChI=1S/C19H22N2O4/c1-11-7-12(2)9-14(8-11)21-19(24)18(23)20-13(3)16-10-15(25-4)5-6-17(16)22/h5-10,13,22H,1-4H3,(H,20,23)(H,21,24). The Morgan fingerprint density at radius 1 is 1.04 bits per heavy atom. The van der Waals surface area contributed by atoms with Crippen LogP contribution in [-0.2, 0) is 9.59 Å². The van der Waals surface area contributed by atoms with Gasteiger partial charge in [-0.15, -0.1) is 0 Å². The average Bonchev–Trinajstić information content (AvgIpc) is 2.54. The summed E-state index contributed by atoms with van der Waals surface area (Å²) >= 11 is 0. The molecular weight excluding hydrogens is 320 g/mol. The van der Waals surface area contributed by atoms with Crippen molar-refractivity contribution in [2.75, 3.05) is 12.4 Å². The summed E-state index contributed by atoms with van der Waals surface area (Å²) < 4.78 is 5.11. The number of methoxy groups -OCH3 is 1. The molecule has 6 nitrogen and oxygen atoms in total. The van der Waals surface area contributed by atoms with Gasteiger partial charge >= 0.3 is 11.8 Å². The number of phenolic OH excluding ortho intramolecular Hbond substituents is 1. The maximum atomic E-state index is 12.1. The van der Waals surface area contributed by atoms with Crippen molar-refractivity contribution < 1.29 is 19.4 Å². The van der Waals surface area contributed by atoms with Crippen LogP contribution in [0, 0.1) is 13.8 Å². The average molecular weight is 342 g/mol. The van der Waals surface area contributed by atoms with Gasteiger partial charge in [0.25, 0.3) is 0 Å². The van der Waals surface area contributed by atoms with E-state index in [1.807, 2.05) is 19.9 Å². The highest BCUT2D eigenvalue weighted by molar-refractivity contribution is 6.39. The van der Waals surface area contributed by atoms with Gasteiger partial charge < -0.3 is 20.5 Å². The normalized spacial score (nSPS) is 11.5. The minimum atomic E-state index is -0.783. The quantitative estimate of drug-likeness (QED) is 0.746. The number of anilines is 1. The van der Waals surface area contributed by atoms with Crippen molar-refractivity contribution in [2.24, 2.45) is 0 Å². The van der Waals surface area contributed by atoms with Crippen molar-refractivity contribution >= 4 is 17.5 Å². The van der Waals surface area contributed by atoms with Crippen LogP contribution in [-0.4, -0.2) is 24.0 Å². The van der Waals surface area contributed by atoms with E-state index in [2.05, 4.69) is 10.6 Å². The third-order valence-corrected chi connectivity index (χ3v) is 3.73. The highest BCUT2D eigenvalue weighted by Crippen LogP contribution is 2.28. The fourth-order valence-corrected chi connectivity index (χ4v) is 2.58. The molecule has 25 heavy (non-hydrogen) atoms. The van der Waals surface area contributed by atoms with E-state index in [9.17, 15) is 14.7 Å². The first-order chi connectivity index (χ1) is 11.8. The SMILES string of the molecule is COc1ccc(O)c(C(C)NC(=O)C(=O)Nc2cc(C)cc(C)c2)c1. The maximum Gasteiger partial charge on any atom is 0.313 e. The molecule has 0 aromatic heterocycles. The van der Waals surface area contributed by atoms with Gasteiger partial charge in [0, 0.05) is 11.3 Å². The van der Waals surface area contributed by atoms with Crippen molar-refractivity contribution in [3.8, 4) is 11.5 Å². The predicted molar refractivity (Wildman–Crippen MR) is 95.8 cm³/mol. The van der Waals surface area contributed by atoms with Gasteiger partial charge in [-0.25, -0.2) is 0 Å². The van der Waals surface area contributed by atoms with Gasteiger partial charge in [-0.05, 0) is 62.2 Å². The van der Waals surface area contributed by atoms with E-state index in [1.165, 1.54) is 13.2 Å². The number of rotatable bonds is 4. The fourth-order valence-electron chi connectivity index (χ4n) is 2.58. The molecule has 0 saturated heterocycles. The molecule has 6 heteroatoms. The number of phenols is 1. The number of aromatic hydroxyl groups is 1. The Bertz CT molecular complexity index is 782. The lowest BCUT2D eigenvalue weighted by atomic mass is 10.1. The van der Waals surface area contributed by atoms with Crippen molar-refractivity contribution in [1.29, 1.82) is 0 Å². The van der Waals surface area contributed by atoms with E-state index in [0.29, 0.717) is 17.0 Å². The van der Waals surface area contributed by atoms with E-state index >= 15 is 0 Å². The summed E-state index contributed by atoms with van der Waals surface area (Å²) in [4.78, 5) is 24.2. The molecule has 0 fully saturated rings. The first-order valence-corrected chi connectivity index (χ1v) is 7.87. The van der Waals surface area contributed by atoms with E-state index < -0.39 is 17.9 Å². The number of ether oxygens (including phenoxy) is 1. The van der Waals surface area contributed by atoms with Gasteiger partial charge in [0.15, 0.2) is 0 Å². The van der Waals surface area contributed by atoms with Crippen LogP contribution in [0.25, 0.3) is 0 Å². The van der Waals surface area contributed by atoms with E-state index in [4.69, 9.17) is 4.74 Å². The van der Waals surface area contributed by atoms with E-state index in [1.54, 1.807) is 31.2 Å². The molecule has 0 aliphatic rings. The topological polar surface area (TPSA) is 87.7 Å². The lowest BCUT2D eigenvalue weighted by Crippen LogP contribution is -2.37. The third kappa shape index (κ3) is 4.73. The van der Waals surface area contributed by atoms with Crippen molar-refractivity contribution in [3.63, 3.8) is 0 Å². The van der Waals surface area contributed by atoms with Crippen LogP contribution in [0.2, 0.25) is 0 Å². The molecule has 0 radical (unpaired) electrons. The van der Waals surface area contributed by atoms with Crippen molar-refractivity contribution in [2.45, 2.75) is 26.8 Å². The van der Waals surface area contributed by atoms with Crippen LogP contribution >= 0.6 is 0 Å². The zero-order chi connectivity index (χ0) is 18.6. The van der Waals surface area contributed by atoms with Crippen molar-refractivity contribution in [3.05, 3.63) is 53.1 Å². The number of amides is 2. The number of aryl methyl sites for hydroxylation is 2. The van der Waals surface area contributed by atoms with E-state index in [0.717, 1.165) is 11.1 Å². The zero-order valence-electron chi connectivity index (χ0n) is 14.7. The second kappa shape index (κ2) is 7.70. The molecule has 2 rings (SSSR count). The highest BCUT2D eigenvalue weighted by Gasteiger charge is 2.19. The highest BCUT2D eigenvalue weighted by atomic mass is 16.5. The molecule has 0 saturated carbocycles. The minimum Gasteiger partial charge on any atom is -0.508 e. The Morgan fingerprint density at radius 3 is 2.28 bits per heavy atom. The number of hydrogen-bond acceptors (Lipinski definition) is 4. The number of benzene rings is 2. The van der Waals surface area contributed by atoms with E-state index in [-0.39, 0.29) is 5.75 Å². The zero-order valence-corrected chi connectivity index (χ0v) is 14.7. The molecule has 132 valence electrons. The molecule has 1 atom stereocenters. The second-order valence-corrected chi connectivity index (χ2v) is 5.95. The summed E-state index contributed by atoms with van der Waals surface area (Å²) in [7, 11) is 1.51. The summed E-state index contributed by atoms with van der Waals surface area (Å²) in [5.41, 5.74) is 3.01. The number of carbonyl (C=O) groups excluding carboxylic acids is 2. The minimum absolute atomic E-state index is 0.0170. The van der Waals surface area contributed by atoms with Crippen LogP contribution in [0.3, 0.4) is 0 Å². The van der Waals surface area contributed by atoms with Gasteiger partial charge in [0.05, 0.1) is 13.2 Å². The van der Waals surface area contributed by atoms with Gasteiger partial charge in [0.1, 0.15) is 11.5 Å². The first-order valence-electron chi connectivity index (χ1n) is 7.87. The fraction of sp³-hybridized carbons (Fsp3) is 0.263. The molecule has 0 heterocycles. The first kappa shape index (κ1) is 18.3. The number of nitrogens with one attached hydrogen (secondary N) is 2. The molecule has 0 aliphatic carbocycles. The molecular formula is C19H22N2O4. The van der Waals surface area contributed by atoms with Crippen LogP contribution in [0.4, 0.5) is 5.69 Å². The smallest absolute Gasteiger partial charge is 0.313 e. The molecule has 2 aromatic carbocycles. The monoisotopic (exact) mass is 342 g/mol. The molecule has 1 unspecified atom stereocenters. The predicted octanol–water partition coefficient (Wildman–Crippen LogP) is 2.83. The van der Waals surface area contributed by atoms with Gasteiger partial charge in [-0.1, -0.05) is 6.07 Å². The molecule has 0 spiro atoms. The van der Waals surface area contributed by atoms with Gasteiger partial charge in [-0.2, -0.15) is 0 Å². The number of hydrogen-bond donors (Lipinski definition) is 3. The summed E-state index contributed by atoms with van der Waals surface area (Å²) in [6, 6.07) is 9.69. The molecule has 2 aromatic rings. The Hall–Kier alpha value is -3.02. The van der Waals surface area contributed by atoms with Crippen LogP contribution in [0.15, 0.2) is 36.4 Å². The van der Waals surface area contributed by atoms with Gasteiger partial charge in [-0.3, -0.25) is 9.59 Å². The summed E-state index contributed by atoms with van der Waals surface area (Å²) in [5.74, 6) is -0.981. The second-order valence-electron chi connectivity index (χ2n) is 5.95. The molecule has 0 bridgehead atoms. The molecule has 2 amide bonds. The van der Waals surface area contributed by atoms with Crippen LogP contribution < -0.4 is 15.4 Å².